The Balaban J connectivity index is 1.42. The Morgan fingerprint density at radius 3 is 2.52 bits per heavy atom. The molecular formula is C40H47N3O12S. The monoisotopic (exact) mass is 793 g/mol. The fourth-order valence-electron chi connectivity index (χ4n) is 10.1. The number of phenolic OH excluding ortho intramolecular Hbond substituents is 2. The minimum atomic E-state index is -1.89. The summed E-state index contributed by atoms with van der Waals surface area (Å²) in [5.74, 6) is 0.709. The maximum Gasteiger partial charge on any atom is 0.308 e. The zero-order valence-electron chi connectivity index (χ0n) is 32.3. The van der Waals surface area contributed by atoms with Crippen molar-refractivity contribution >= 4 is 23.2 Å². The topological polar surface area (TPSA) is 186 Å². The second-order valence-electron chi connectivity index (χ2n) is 15.4. The molecule has 5 aliphatic heterocycles. The molecule has 1 saturated heterocycles. The van der Waals surface area contributed by atoms with Crippen LogP contribution in [0.15, 0.2) is 18.2 Å². The van der Waals surface area contributed by atoms with E-state index in [0.717, 1.165) is 22.3 Å². The summed E-state index contributed by atoms with van der Waals surface area (Å²) in [5, 5.41) is 37.9. The van der Waals surface area contributed by atoms with Crippen molar-refractivity contribution in [3.05, 3.63) is 62.7 Å². The van der Waals surface area contributed by atoms with Crippen molar-refractivity contribution in [2.45, 2.75) is 81.7 Å². The van der Waals surface area contributed by atoms with Crippen LogP contribution in [0.5, 0.6) is 40.2 Å². The number of benzene rings is 3. The van der Waals surface area contributed by atoms with Crippen LogP contribution in [0.3, 0.4) is 0 Å². The molecule has 0 amide bonds. The molecule has 4 N–H and O–H groups in total. The van der Waals surface area contributed by atoms with Crippen molar-refractivity contribution in [1.82, 2.24) is 15.1 Å². The maximum atomic E-state index is 15.9. The zero-order chi connectivity index (χ0) is 40.0. The maximum absolute atomic E-state index is 15.9. The SMILES string of the molecule is COc1cc2c(cc1O)CCN[C@]2(C)CS(=O)[C@@H]1c2c(OC(C)=O)c(C)c3c(c2[C@H](COC=O)N2C1C1c4c(cc(C)c(OC)c4O)CC([C@@H]2O)N1C)OCO3. The summed E-state index contributed by atoms with van der Waals surface area (Å²) in [5.41, 5.74) is 4.15. The quantitative estimate of drug-likeness (QED) is 0.141. The number of aromatic hydroxyl groups is 2. The summed E-state index contributed by atoms with van der Waals surface area (Å²) in [4.78, 5) is 28.7. The van der Waals surface area contributed by atoms with Gasteiger partial charge in [0, 0.05) is 52.3 Å². The van der Waals surface area contributed by atoms with Gasteiger partial charge in [0.2, 0.25) is 6.79 Å². The lowest BCUT2D eigenvalue weighted by atomic mass is 9.73. The number of esters is 1. The van der Waals surface area contributed by atoms with E-state index in [9.17, 15) is 24.9 Å². The minimum Gasteiger partial charge on any atom is -0.504 e. The molecule has 4 unspecified atom stereocenters. The molecule has 0 spiro atoms. The number of phenols is 2. The van der Waals surface area contributed by atoms with E-state index in [-0.39, 0.29) is 42.2 Å². The number of carbonyl (C=O) groups is 2. The van der Waals surface area contributed by atoms with Crippen LogP contribution in [0.1, 0.15) is 75.7 Å². The van der Waals surface area contributed by atoms with Crippen LogP contribution < -0.4 is 29.0 Å². The van der Waals surface area contributed by atoms with E-state index < -0.39 is 58.0 Å². The van der Waals surface area contributed by atoms with Gasteiger partial charge in [-0.05, 0) is 75.0 Å². The Kier molecular flexibility index (Phi) is 9.63. The third-order valence-corrected chi connectivity index (χ3v) is 14.3. The van der Waals surface area contributed by atoms with E-state index in [1.165, 1.54) is 21.1 Å². The normalized spacial score (nSPS) is 27.9. The van der Waals surface area contributed by atoms with Crippen LogP contribution in [0, 0.1) is 13.8 Å². The zero-order valence-corrected chi connectivity index (χ0v) is 33.2. The van der Waals surface area contributed by atoms with Gasteiger partial charge in [0.25, 0.3) is 6.47 Å². The Bertz CT molecular complexity index is 2160. The second kappa shape index (κ2) is 14.1. The lowest BCUT2D eigenvalue weighted by molar-refractivity contribution is -0.181. The molecule has 0 aromatic heterocycles. The number of nitrogens with zero attached hydrogens (tertiary/aromatic N) is 2. The number of methoxy groups -OCH3 is 2. The van der Waals surface area contributed by atoms with Gasteiger partial charge < -0.3 is 49.1 Å². The number of carbonyl (C=O) groups excluding carboxylic acids is 2. The van der Waals surface area contributed by atoms with E-state index in [1.54, 1.807) is 19.1 Å². The van der Waals surface area contributed by atoms with Crippen LogP contribution >= 0.6 is 0 Å². The highest BCUT2D eigenvalue weighted by atomic mass is 32.2. The number of likely N-dealkylation sites (N-methyl/N-ethyl adjacent to an activating group) is 1. The van der Waals surface area contributed by atoms with Gasteiger partial charge in [-0.15, -0.1) is 0 Å². The largest absolute Gasteiger partial charge is 0.504 e. The van der Waals surface area contributed by atoms with Crippen molar-refractivity contribution < 1.29 is 57.5 Å². The summed E-state index contributed by atoms with van der Waals surface area (Å²) in [6.45, 7) is 7.30. The summed E-state index contributed by atoms with van der Waals surface area (Å²) in [6.07, 6.45) is -0.211. The van der Waals surface area contributed by atoms with E-state index >= 15 is 4.21 Å². The second-order valence-corrected chi connectivity index (χ2v) is 17.0. The number of piperazine rings is 1. The summed E-state index contributed by atoms with van der Waals surface area (Å²) >= 11 is 0. The lowest BCUT2D eigenvalue weighted by Crippen LogP contribution is -2.70. The molecule has 3 aromatic carbocycles. The molecule has 16 heteroatoms. The fraction of sp³-hybridized carbons (Fsp3) is 0.500. The Labute approximate surface area is 326 Å². The van der Waals surface area contributed by atoms with Gasteiger partial charge >= 0.3 is 5.97 Å². The molecule has 2 bridgehead atoms. The van der Waals surface area contributed by atoms with Crippen LogP contribution in [0.2, 0.25) is 0 Å². The van der Waals surface area contributed by atoms with Crippen LogP contribution in [0.4, 0.5) is 0 Å². The highest BCUT2D eigenvalue weighted by Crippen LogP contribution is 2.62. The Morgan fingerprint density at radius 1 is 1.07 bits per heavy atom. The standard InChI is InChI=1S/C40H47N3O12S/c1-18-10-22-11-24-39(48)43-25(14-52-16-44)29-30(35(55-20(3)45)19(2)36-37(29)54-17-53-36)38(32(43)31(42(24)5)28(22)33(47)34(18)51-7)56(49)15-40(4)23-13-27(50-6)26(46)12-21(23)8-9-41-40/h10,12-13,16,24-25,31-32,38-39,41,46-48H,8-9,11,14-15,17H2,1-7H3/t24?,25-,31?,32?,38+,39-,40+,56?/m0/s1. The average Bonchev–Trinajstić information content (AvgIpc) is 3.64. The molecule has 300 valence electrons. The molecule has 3 aromatic rings. The first-order valence-electron chi connectivity index (χ1n) is 18.5. The number of aliphatic hydroxyl groups is 1. The molecule has 8 atom stereocenters. The van der Waals surface area contributed by atoms with Gasteiger partial charge in [-0.2, -0.15) is 0 Å². The molecule has 0 saturated carbocycles. The number of ether oxygens (including phenoxy) is 6. The van der Waals surface area contributed by atoms with Crippen LogP contribution in [-0.2, 0) is 43.5 Å². The third kappa shape index (κ3) is 5.62. The van der Waals surface area contributed by atoms with E-state index in [1.807, 2.05) is 36.8 Å². The van der Waals surface area contributed by atoms with Gasteiger partial charge in [0.15, 0.2) is 34.5 Å². The van der Waals surface area contributed by atoms with Gasteiger partial charge in [-0.25, -0.2) is 0 Å². The predicted molar refractivity (Wildman–Crippen MR) is 202 cm³/mol. The van der Waals surface area contributed by atoms with Gasteiger partial charge in [0.05, 0.1) is 49.2 Å². The summed E-state index contributed by atoms with van der Waals surface area (Å²) < 4.78 is 50.8. The number of aryl methyl sites for hydroxylation is 1. The highest BCUT2D eigenvalue weighted by Gasteiger charge is 2.61. The summed E-state index contributed by atoms with van der Waals surface area (Å²) in [6, 6.07) is 2.43. The number of hydrogen-bond acceptors (Lipinski definition) is 15. The number of fused-ring (bicyclic) bond motifs is 10. The van der Waals surface area contributed by atoms with Crippen molar-refractivity contribution in [2.75, 3.05) is 47.0 Å². The molecule has 15 nitrogen and oxygen atoms in total. The number of rotatable bonds is 9. The molecular weight excluding hydrogens is 747 g/mol. The summed E-state index contributed by atoms with van der Waals surface area (Å²) in [7, 11) is 2.95. The predicted octanol–water partition coefficient (Wildman–Crippen LogP) is 3.06. The lowest BCUT2D eigenvalue weighted by Gasteiger charge is -2.61. The van der Waals surface area contributed by atoms with E-state index in [0.29, 0.717) is 65.4 Å². The first-order valence-corrected chi connectivity index (χ1v) is 19.9. The molecule has 0 radical (unpaired) electrons. The smallest absolute Gasteiger partial charge is 0.308 e. The van der Waals surface area contributed by atoms with E-state index in [2.05, 4.69) is 5.32 Å². The molecule has 5 aliphatic rings. The van der Waals surface area contributed by atoms with Crippen molar-refractivity contribution in [3.63, 3.8) is 0 Å². The molecule has 5 heterocycles. The number of aliphatic hydroxyl groups excluding tert-OH is 1. The number of hydrogen-bond donors (Lipinski definition) is 4. The van der Waals surface area contributed by atoms with Gasteiger partial charge in [-0.3, -0.25) is 23.6 Å². The van der Waals surface area contributed by atoms with Gasteiger partial charge in [-0.1, -0.05) is 6.07 Å². The molecule has 1 fully saturated rings. The van der Waals surface area contributed by atoms with Crippen LogP contribution in [-0.4, -0.2) is 107 Å². The molecule has 8 rings (SSSR count). The van der Waals surface area contributed by atoms with Crippen LogP contribution in [0.25, 0.3) is 0 Å². The first-order chi connectivity index (χ1) is 26.8. The Hall–Kier alpha value is -4.61. The number of nitrogens with one attached hydrogen (secondary N) is 1. The van der Waals surface area contributed by atoms with Crippen molar-refractivity contribution in [1.29, 1.82) is 0 Å². The molecule has 56 heavy (non-hydrogen) atoms. The van der Waals surface area contributed by atoms with Crippen molar-refractivity contribution in [2.24, 2.45) is 0 Å². The third-order valence-electron chi connectivity index (χ3n) is 12.3. The van der Waals surface area contributed by atoms with Crippen molar-refractivity contribution in [3.8, 4) is 40.2 Å². The fourth-order valence-corrected chi connectivity index (χ4v) is 12.2. The highest BCUT2D eigenvalue weighted by molar-refractivity contribution is 7.85. The Morgan fingerprint density at radius 2 is 1.82 bits per heavy atom. The van der Waals surface area contributed by atoms with Gasteiger partial charge in [0.1, 0.15) is 18.6 Å². The average molecular weight is 794 g/mol. The van der Waals surface area contributed by atoms with E-state index in [4.69, 9.17) is 28.4 Å². The first kappa shape index (κ1) is 38.3. The minimum absolute atomic E-state index is 0.00449. The molecule has 0 aliphatic carbocycles.